The lowest BCUT2D eigenvalue weighted by Gasteiger charge is -2.15. The fourth-order valence-corrected chi connectivity index (χ4v) is 6.50. The van der Waals surface area contributed by atoms with Gasteiger partial charge in [-0.1, -0.05) is 66.5 Å². The lowest BCUT2D eigenvalue weighted by molar-refractivity contribution is 0.317. The van der Waals surface area contributed by atoms with E-state index in [4.69, 9.17) is 32.9 Å². The normalized spacial score (nSPS) is 13.9. The highest BCUT2D eigenvalue weighted by Gasteiger charge is 2.28. The zero-order valence-corrected chi connectivity index (χ0v) is 25.9. The van der Waals surface area contributed by atoms with Crippen molar-refractivity contribution in [1.29, 1.82) is 0 Å². The molecule has 44 heavy (non-hydrogen) atoms. The summed E-state index contributed by atoms with van der Waals surface area (Å²) >= 11 is 12.7. The summed E-state index contributed by atoms with van der Waals surface area (Å²) in [6, 6.07) is 28.6. The van der Waals surface area contributed by atoms with Crippen molar-refractivity contribution in [1.82, 2.24) is 14.3 Å². The number of rotatable bonds is 9. The van der Waals surface area contributed by atoms with Gasteiger partial charge in [-0.3, -0.25) is 0 Å². The monoisotopic (exact) mass is 646 g/mol. The summed E-state index contributed by atoms with van der Waals surface area (Å²) in [5.74, 6) is 1.16. The molecule has 6 rings (SSSR count). The summed E-state index contributed by atoms with van der Waals surface area (Å²) in [5.41, 5.74) is 5.76. The zero-order valence-electron chi connectivity index (χ0n) is 23.6. The molecule has 0 spiro atoms. The van der Waals surface area contributed by atoms with Crippen LogP contribution in [0.1, 0.15) is 24.7 Å². The predicted octanol–water partition coefficient (Wildman–Crippen LogP) is 7.90. The number of hydrogen-bond acceptors (Lipinski definition) is 5. The molecule has 0 bridgehead atoms. The summed E-state index contributed by atoms with van der Waals surface area (Å²) < 4.78 is 35.5. The maximum absolute atomic E-state index is 12.3. The first-order valence-electron chi connectivity index (χ1n) is 13.9. The fourth-order valence-electron chi connectivity index (χ4n) is 4.94. The minimum atomic E-state index is -3.90. The summed E-state index contributed by atoms with van der Waals surface area (Å²) in [7, 11) is -3.90. The maximum atomic E-state index is 12.3. The second kappa shape index (κ2) is 12.3. The fraction of sp³-hybridized carbons (Fsp3) is 0.121. The van der Waals surface area contributed by atoms with Crippen molar-refractivity contribution in [3.63, 3.8) is 0 Å². The number of nitrogens with zero attached hydrogens (tertiary/aromatic N) is 3. The molecule has 0 radical (unpaired) electrons. The van der Waals surface area contributed by atoms with Crippen LogP contribution in [0.4, 0.5) is 5.69 Å². The number of benzene rings is 4. The number of aliphatic hydroxyl groups is 1. The summed E-state index contributed by atoms with van der Waals surface area (Å²) in [6.45, 7) is 2.76. The Labute approximate surface area is 266 Å². The molecule has 0 unspecified atom stereocenters. The van der Waals surface area contributed by atoms with Crippen LogP contribution in [0.5, 0.6) is 5.75 Å². The molecule has 11 heteroatoms. The number of halogens is 2. The Hall–Kier alpha value is -4.44. The lowest BCUT2D eigenvalue weighted by atomic mass is 10.0. The van der Waals surface area contributed by atoms with Crippen LogP contribution < -0.4 is 13.8 Å². The van der Waals surface area contributed by atoms with E-state index >= 15 is 0 Å². The van der Waals surface area contributed by atoms with Crippen molar-refractivity contribution in [3.8, 4) is 33.8 Å². The van der Waals surface area contributed by atoms with Gasteiger partial charge in [0.25, 0.3) is 0 Å². The van der Waals surface area contributed by atoms with Crippen LogP contribution >= 0.6 is 23.2 Å². The van der Waals surface area contributed by atoms with Crippen LogP contribution in [-0.4, -0.2) is 29.7 Å². The van der Waals surface area contributed by atoms with Gasteiger partial charge in [-0.05, 0) is 77.7 Å². The van der Waals surface area contributed by atoms with Gasteiger partial charge in [-0.25, -0.2) is 14.0 Å². The minimum absolute atomic E-state index is 0.368. The van der Waals surface area contributed by atoms with Crippen molar-refractivity contribution >= 4 is 39.1 Å². The number of ether oxygens (including phenoxy) is 1. The van der Waals surface area contributed by atoms with E-state index < -0.39 is 16.1 Å². The lowest BCUT2D eigenvalue weighted by Crippen LogP contribution is -2.29. The highest BCUT2D eigenvalue weighted by atomic mass is 35.5. The van der Waals surface area contributed by atoms with Crippen molar-refractivity contribution in [3.05, 3.63) is 131 Å². The van der Waals surface area contributed by atoms with Gasteiger partial charge in [0, 0.05) is 28.9 Å². The Morgan fingerprint density at radius 1 is 0.909 bits per heavy atom. The van der Waals surface area contributed by atoms with E-state index in [-0.39, 0.29) is 0 Å². The van der Waals surface area contributed by atoms with Crippen molar-refractivity contribution in [2.45, 2.75) is 19.8 Å². The molecule has 4 aromatic carbocycles. The van der Waals surface area contributed by atoms with E-state index in [9.17, 15) is 13.5 Å². The number of hydrogen-bond donors (Lipinski definition) is 2. The van der Waals surface area contributed by atoms with Gasteiger partial charge < -0.3 is 14.4 Å². The van der Waals surface area contributed by atoms with Crippen molar-refractivity contribution in [2.75, 3.05) is 10.9 Å². The van der Waals surface area contributed by atoms with Gasteiger partial charge in [0.1, 0.15) is 11.6 Å². The van der Waals surface area contributed by atoms with Crippen LogP contribution in [0.3, 0.4) is 0 Å². The molecule has 1 aliphatic rings. The van der Waals surface area contributed by atoms with Crippen LogP contribution in [0.15, 0.2) is 109 Å². The Morgan fingerprint density at radius 3 is 2.34 bits per heavy atom. The van der Waals surface area contributed by atoms with Gasteiger partial charge in [0.2, 0.25) is 5.88 Å². The van der Waals surface area contributed by atoms with Gasteiger partial charge in [0.15, 0.2) is 0 Å². The van der Waals surface area contributed by atoms with E-state index in [0.717, 1.165) is 56.4 Å². The van der Waals surface area contributed by atoms with Gasteiger partial charge in [-0.15, -0.1) is 0 Å². The summed E-state index contributed by atoms with van der Waals surface area (Å²) in [6.07, 6.45) is 4.49. The third-order valence-corrected chi connectivity index (χ3v) is 8.91. The topological polar surface area (TPSA) is 96.7 Å². The van der Waals surface area contributed by atoms with Crippen LogP contribution in [0, 0.1) is 0 Å². The Balaban J connectivity index is 1.32. The Bertz CT molecular complexity index is 1960. The maximum Gasteiger partial charge on any atom is 0.330 e. The molecule has 1 aliphatic heterocycles. The number of anilines is 1. The standard InChI is InChI=1S/C33H28Cl2N4O4S/c1-2-16-43-28-5-3-4-24(18-28)23-8-6-22(7-9-23)17-32-36-31(29-15-10-25(34)19-30(29)35)20-38(32)26-11-13-27(14-12-26)39-21-33(40)37-44(39,41)42/h3-15,18-21,37,40H,2,16-17H2,1H3. The van der Waals surface area contributed by atoms with Crippen LogP contribution in [0.2, 0.25) is 10.0 Å². The first kappa shape index (κ1) is 29.6. The Kier molecular flexibility index (Phi) is 8.27. The second-order valence-corrected chi connectivity index (χ2v) is 12.6. The SMILES string of the molecule is CCCOc1cccc(-c2ccc(Cc3nc(-c4ccc(Cl)cc4Cl)cn3-c3ccc(N4C=C(O)NS4(=O)=O)cc3)cc2)c1. The van der Waals surface area contributed by atoms with E-state index in [1.54, 1.807) is 36.4 Å². The molecule has 2 N–H and O–H groups in total. The van der Waals surface area contributed by atoms with E-state index in [2.05, 4.69) is 42.0 Å². The molecule has 0 saturated carbocycles. The third kappa shape index (κ3) is 6.26. The van der Waals surface area contributed by atoms with Crippen LogP contribution in [0.25, 0.3) is 28.1 Å². The molecule has 5 aromatic rings. The number of nitrogens with one attached hydrogen (secondary N) is 1. The quantitative estimate of drug-likeness (QED) is 0.170. The molecule has 0 saturated heterocycles. The van der Waals surface area contributed by atoms with Gasteiger partial charge in [0.05, 0.1) is 29.2 Å². The summed E-state index contributed by atoms with van der Waals surface area (Å²) in [5, 5.41) is 10.7. The number of aliphatic hydroxyl groups excluding tert-OH is 1. The van der Waals surface area contributed by atoms with Crippen molar-refractivity contribution in [2.24, 2.45) is 0 Å². The molecule has 224 valence electrons. The molecule has 8 nitrogen and oxygen atoms in total. The largest absolute Gasteiger partial charge is 0.494 e. The van der Waals surface area contributed by atoms with E-state index in [1.807, 2.05) is 35.0 Å². The average Bonchev–Trinajstić information content (AvgIpc) is 3.55. The predicted molar refractivity (Wildman–Crippen MR) is 175 cm³/mol. The van der Waals surface area contributed by atoms with E-state index in [1.165, 1.54) is 0 Å². The van der Waals surface area contributed by atoms with Crippen LogP contribution in [-0.2, 0) is 16.6 Å². The molecule has 1 aromatic heterocycles. The molecule has 0 amide bonds. The van der Waals surface area contributed by atoms with Gasteiger partial charge >= 0.3 is 10.2 Å². The first-order chi connectivity index (χ1) is 21.2. The highest BCUT2D eigenvalue weighted by Crippen LogP contribution is 2.32. The highest BCUT2D eigenvalue weighted by molar-refractivity contribution is 7.91. The third-order valence-electron chi connectivity index (χ3n) is 7.06. The average molecular weight is 648 g/mol. The number of imidazole rings is 1. The van der Waals surface area contributed by atoms with E-state index in [0.29, 0.717) is 34.5 Å². The molecular formula is C33H28Cl2N4O4S. The molecular weight excluding hydrogens is 619 g/mol. The smallest absolute Gasteiger partial charge is 0.330 e. The Morgan fingerprint density at radius 2 is 1.66 bits per heavy atom. The zero-order chi connectivity index (χ0) is 30.8. The molecule has 0 aliphatic carbocycles. The first-order valence-corrected chi connectivity index (χ1v) is 16.1. The number of aromatic nitrogens is 2. The van der Waals surface area contributed by atoms with Crippen molar-refractivity contribution < 1.29 is 18.3 Å². The molecule has 0 atom stereocenters. The summed E-state index contributed by atoms with van der Waals surface area (Å²) in [4.78, 5) is 4.96. The minimum Gasteiger partial charge on any atom is -0.494 e. The molecule has 0 fully saturated rings. The molecule has 2 heterocycles. The second-order valence-electron chi connectivity index (χ2n) is 10.2. The van der Waals surface area contributed by atoms with Gasteiger partial charge in [-0.2, -0.15) is 8.42 Å².